The van der Waals surface area contributed by atoms with Gasteiger partial charge in [0.2, 0.25) is 0 Å². The summed E-state index contributed by atoms with van der Waals surface area (Å²) in [7, 11) is 1.45. The number of benzene rings is 1. The minimum atomic E-state index is -0.623. The highest BCUT2D eigenvalue weighted by Crippen LogP contribution is 2.31. The Bertz CT molecular complexity index is 328. The Balaban J connectivity index is 3.19. The molecule has 14 heavy (non-hydrogen) atoms. The van der Waals surface area contributed by atoms with Crippen LogP contribution in [0.15, 0.2) is 16.6 Å². The van der Waals surface area contributed by atoms with Crippen LogP contribution in [0, 0.1) is 5.82 Å². The van der Waals surface area contributed by atoms with E-state index in [1.54, 1.807) is 6.07 Å². The fraction of sp³-hybridized carbons (Fsp3) is 0.400. The van der Waals surface area contributed by atoms with Crippen molar-refractivity contribution < 1.29 is 14.2 Å². The van der Waals surface area contributed by atoms with Crippen molar-refractivity contribution in [3.05, 3.63) is 28.0 Å². The molecule has 0 spiro atoms. The van der Waals surface area contributed by atoms with Gasteiger partial charge < -0.3 is 9.84 Å². The third-order valence-electron chi connectivity index (χ3n) is 2.02. The van der Waals surface area contributed by atoms with Crippen LogP contribution >= 0.6 is 15.9 Å². The second-order valence-electron chi connectivity index (χ2n) is 2.93. The molecule has 0 saturated heterocycles. The van der Waals surface area contributed by atoms with Crippen LogP contribution in [0.2, 0.25) is 0 Å². The van der Waals surface area contributed by atoms with Gasteiger partial charge in [0.25, 0.3) is 0 Å². The van der Waals surface area contributed by atoms with Gasteiger partial charge in [0.15, 0.2) is 0 Å². The van der Waals surface area contributed by atoms with Gasteiger partial charge in [-0.2, -0.15) is 0 Å². The predicted octanol–water partition coefficient (Wildman–Crippen LogP) is 3.04. The molecule has 78 valence electrons. The normalized spacial score (nSPS) is 12.6. The van der Waals surface area contributed by atoms with Crippen molar-refractivity contribution in [2.75, 3.05) is 7.11 Å². The topological polar surface area (TPSA) is 29.5 Å². The Morgan fingerprint density at radius 1 is 1.57 bits per heavy atom. The molecule has 4 heteroatoms. The van der Waals surface area contributed by atoms with Gasteiger partial charge in [0.05, 0.1) is 17.7 Å². The van der Waals surface area contributed by atoms with Crippen molar-refractivity contribution in [2.45, 2.75) is 19.4 Å². The van der Waals surface area contributed by atoms with Crippen LogP contribution in [0.5, 0.6) is 5.75 Å². The maximum atomic E-state index is 13.1. The van der Waals surface area contributed by atoms with Crippen LogP contribution < -0.4 is 4.74 Å². The van der Waals surface area contributed by atoms with E-state index in [0.29, 0.717) is 22.2 Å². The van der Waals surface area contributed by atoms with Gasteiger partial charge in [-0.1, -0.05) is 6.92 Å². The lowest BCUT2D eigenvalue weighted by molar-refractivity contribution is 0.169. The Hall–Kier alpha value is -0.610. The number of aliphatic hydroxyl groups is 1. The summed E-state index contributed by atoms with van der Waals surface area (Å²) in [6.07, 6.45) is -0.0594. The fourth-order valence-corrected chi connectivity index (χ4v) is 1.56. The van der Waals surface area contributed by atoms with Crippen LogP contribution in [0.1, 0.15) is 25.0 Å². The molecule has 1 atom stereocenters. The smallest absolute Gasteiger partial charge is 0.141 e. The molecule has 0 fully saturated rings. The summed E-state index contributed by atoms with van der Waals surface area (Å²) in [6.45, 7) is 1.85. The van der Waals surface area contributed by atoms with Crippen LogP contribution in [-0.4, -0.2) is 12.2 Å². The SMILES string of the molecule is CC[C@H](O)c1cc(Br)c(F)cc1OC. The molecule has 0 saturated carbocycles. The molecule has 0 aromatic heterocycles. The maximum Gasteiger partial charge on any atom is 0.141 e. The summed E-state index contributed by atoms with van der Waals surface area (Å²) < 4.78 is 18.4. The van der Waals surface area contributed by atoms with Gasteiger partial charge in [0.1, 0.15) is 11.6 Å². The summed E-state index contributed by atoms with van der Waals surface area (Å²) in [5, 5.41) is 9.63. The highest BCUT2D eigenvalue weighted by Gasteiger charge is 2.14. The van der Waals surface area contributed by atoms with Crippen molar-refractivity contribution >= 4 is 15.9 Å². The van der Waals surface area contributed by atoms with E-state index in [1.807, 2.05) is 6.92 Å². The van der Waals surface area contributed by atoms with Gasteiger partial charge in [-0.3, -0.25) is 0 Å². The average Bonchev–Trinajstić information content (AvgIpc) is 2.20. The molecular formula is C10H12BrFO2. The molecule has 0 bridgehead atoms. The van der Waals surface area contributed by atoms with E-state index < -0.39 is 11.9 Å². The van der Waals surface area contributed by atoms with E-state index in [2.05, 4.69) is 15.9 Å². The summed E-state index contributed by atoms with van der Waals surface area (Å²) in [5.41, 5.74) is 0.600. The molecule has 1 N–H and O–H groups in total. The Morgan fingerprint density at radius 3 is 2.71 bits per heavy atom. The molecule has 0 radical (unpaired) electrons. The molecule has 1 aromatic carbocycles. The molecule has 0 unspecified atom stereocenters. The van der Waals surface area contributed by atoms with E-state index in [9.17, 15) is 9.50 Å². The monoisotopic (exact) mass is 262 g/mol. The van der Waals surface area contributed by atoms with Crippen molar-refractivity contribution in [3.63, 3.8) is 0 Å². The zero-order valence-electron chi connectivity index (χ0n) is 8.05. The van der Waals surface area contributed by atoms with Gasteiger partial charge in [0, 0.05) is 11.6 Å². The first-order valence-electron chi connectivity index (χ1n) is 4.31. The molecule has 0 aliphatic heterocycles. The summed E-state index contributed by atoms with van der Waals surface area (Å²) in [6, 6.07) is 2.81. The molecule has 0 amide bonds. The zero-order chi connectivity index (χ0) is 10.7. The van der Waals surface area contributed by atoms with Crippen molar-refractivity contribution in [2.24, 2.45) is 0 Å². The van der Waals surface area contributed by atoms with Gasteiger partial charge in [-0.15, -0.1) is 0 Å². The Kier molecular flexibility index (Phi) is 3.89. The minimum Gasteiger partial charge on any atom is -0.496 e. The molecule has 1 rings (SSSR count). The van der Waals surface area contributed by atoms with Gasteiger partial charge in [-0.25, -0.2) is 4.39 Å². The van der Waals surface area contributed by atoms with E-state index in [0.717, 1.165) is 0 Å². The first-order valence-corrected chi connectivity index (χ1v) is 5.10. The van der Waals surface area contributed by atoms with Crippen LogP contribution in [-0.2, 0) is 0 Å². The van der Waals surface area contributed by atoms with Crippen molar-refractivity contribution in [1.82, 2.24) is 0 Å². The predicted molar refractivity (Wildman–Crippen MR) is 55.9 cm³/mol. The third-order valence-corrected chi connectivity index (χ3v) is 2.63. The number of methoxy groups -OCH3 is 1. The van der Waals surface area contributed by atoms with Crippen molar-refractivity contribution in [3.8, 4) is 5.75 Å². The summed E-state index contributed by atoms with van der Waals surface area (Å²) in [4.78, 5) is 0. The lowest BCUT2D eigenvalue weighted by atomic mass is 10.1. The van der Waals surface area contributed by atoms with Gasteiger partial charge >= 0.3 is 0 Å². The van der Waals surface area contributed by atoms with Crippen LogP contribution in [0.3, 0.4) is 0 Å². The standard InChI is InChI=1S/C10H12BrFO2/c1-3-9(13)6-4-7(11)8(12)5-10(6)14-2/h4-5,9,13H,3H2,1-2H3/t9-/m0/s1. The third kappa shape index (κ3) is 2.25. The number of aliphatic hydroxyl groups excluding tert-OH is 1. The molecule has 0 aliphatic rings. The first-order chi connectivity index (χ1) is 6.60. The lowest BCUT2D eigenvalue weighted by Gasteiger charge is -2.13. The highest BCUT2D eigenvalue weighted by atomic mass is 79.9. The molecule has 0 aliphatic carbocycles. The maximum absolute atomic E-state index is 13.1. The van der Waals surface area contributed by atoms with Gasteiger partial charge in [-0.05, 0) is 28.4 Å². The second-order valence-corrected chi connectivity index (χ2v) is 3.79. The number of rotatable bonds is 3. The summed E-state index contributed by atoms with van der Waals surface area (Å²) >= 11 is 3.07. The number of ether oxygens (including phenoxy) is 1. The van der Waals surface area contributed by atoms with E-state index in [-0.39, 0.29) is 0 Å². The average molecular weight is 263 g/mol. The number of hydrogen-bond donors (Lipinski definition) is 1. The summed E-state index contributed by atoms with van der Waals surface area (Å²) in [5.74, 6) is -0.0195. The zero-order valence-corrected chi connectivity index (χ0v) is 9.64. The van der Waals surface area contributed by atoms with Crippen LogP contribution in [0.4, 0.5) is 4.39 Å². The first kappa shape index (κ1) is 11.5. The molecule has 2 nitrogen and oxygen atoms in total. The van der Waals surface area contributed by atoms with E-state index >= 15 is 0 Å². The number of hydrogen-bond acceptors (Lipinski definition) is 2. The van der Waals surface area contributed by atoms with Crippen molar-refractivity contribution in [1.29, 1.82) is 0 Å². The Morgan fingerprint density at radius 2 is 2.21 bits per heavy atom. The lowest BCUT2D eigenvalue weighted by Crippen LogP contribution is -2.00. The largest absolute Gasteiger partial charge is 0.496 e. The van der Waals surface area contributed by atoms with E-state index in [4.69, 9.17) is 4.74 Å². The minimum absolute atomic E-state index is 0.334. The number of halogens is 2. The van der Waals surface area contributed by atoms with Crippen LogP contribution in [0.25, 0.3) is 0 Å². The molecular weight excluding hydrogens is 251 g/mol. The highest BCUT2D eigenvalue weighted by molar-refractivity contribution is 9.10. The molecule has 0 heterocycles. The fourth-order valence-electron chi connectivity index (χ4n) is 1.20. The quantitative estimate of drug-likeness (QED) is 0.908. The second kappa shape index (κ2) is 4.75. The molecule has 1 aromatic rings. The van der Waals surface area contributed by atoms with E-state index in [1.165, 1.54) is 13.2 Å². The Labute approximate surface area is 90.8 Å².